The number of thiazole rings is 1. The number of benzene rings is 2. The maximum atomic E-state index is 13.5. The van der Waals surface area contributed by atoms with Gasteiger partial charge in [-0.3, -0.25) is 19.5 Å². The quantitative estimate of drug-likeness (QED) is 0.373. The van der Waals surface area contributed by atoms with Crippen molar-refractivity contribution in [3.63, 3.8) is 0 Å². The van der Waals surface area contributed by atoms with Gasteiger partial charge in [0.25, 0.3) is 5.91 Å². The number of hydrogen-bond acceptors (Lipinski definition) is 6. The number of halogens is 1. The third kappa shape index (κ3) is 3.81. The van der Waals surface area contributed by atoms with Gasteiger partial charge in [0, 0.05) is 23.5 Å². The Kier molecular flexibility index (Phi) is 4.97. The number of hydrogen-bond donors (Lipinski definition) is 0. The Morgan fingerprint density at radius 3 is 2.81 bits per heavy atom. The highest BCUT2D eigenvalue weighted by Crippen LogP contribution is 2.32. The highest BCUT2D eigenvalue weighted by molar-refractivity contribution is 7.22. The summed E-state index contributed by atoms with van der Waals surface area (Å²) in [6.45, 7) is 0.219. The first kappa shape index (κ1) is 19.4. The van der Waals surface area contributed by atoms with E-state index in [2.05, 4.69) is 9.97 Å². The molecule has 0 aliphatic heterocycles. The largest absolute Gasteiger partial charge is 0.451 e. The van der Waals surface area contributed by atoms with Gasteiger partial charge in [-0.1, -0.05) is 41.1 Å². The zero-order valence-corrected chi connectivity index (χ0v) is 17.6. The minimum absolute atomic E-state index is 0.0510. The number of fused-ring (bicyclic) bond motifs is 2. The van der Waals surface area contributed by atoms with E-state index in [0.29, 0.717) is 21.1 Å². The lowest BCUT2D eigenvalue weighted by Gasteiger charge is -2.19. The lowest BCUT2D eigenvalue weighted by atomic mass is 10.2. The van der Waals surface area contributed by atoms with Crippen LogP contribution < -0.4 is 10.3 Å². The highest BCUT2D eigenvalue weighted by atomic mass is 35.5. The molecule has 5 rings (SSSR count). The molecule has 8 heteroatoms. The maximum absolute atomic E-state index is 13.5. The van der Waals surface area contributed by atoms with Crippen molar-refractivity contribution in [1.82, 2.24) is 9.97 Å². The zero-order chi connectivity index (χ0) is 21.4. The predicted molar refractivity (Wildman–Crippen MR) is 122 cm³/mol. The number of carbonyl (C=O) groups excluding carboxylic acids is 1. The second kappa shape index (κ2) is 7.94. The summed E-state index contributed by atoms with van der Waals surface area (Å²) in [6.07, 6.45) is 3.35. The fourth-order valence-corrected chi connectivity index (χ4v) is 4.48. The summed E-state index contributed by atoms with van der Waals surface area (Å²) < 4.78 is 6.64. The molecule has 0 saturated carbocycles. The van der Waals surface area contributed by atoms with Crippen molar-refractivity contribution in [3.05, 3.63) is 99.6 Å². The molecule has 2 aromatic carbocycles. The zero-order valence-electron chi connectivity index (χ0n) is 16.0. The van der Waals surface area contributed by atoms with Crippen molar-refractivity contribution < 1.29 is 9.21 Å². The number of para-hydroxylation sites is 1. The van der Waals surface area contributed by atoms with Crippen molar-refractivity contribution in [1.29, 1.82) is 0 Å². The predicted octanol–water partition coefficient (Wildman–Crippen LogP) is 5.30. The first-order chi connectivity index (χ1) is 15.1. The van der Waals surface area contributed by atoms with E-state index in [-0.39, 0.29) is 17.7 Å². The van der Waals surface area contributed by atoms with Gasteiger partial charge in [0.1, 0.15) is 5.58 Å². The molecular weight excluding hydrogens is 434 g/mol. The monoisotopic (exact) mass is 447 g/mol. The van der Waals surface area contributed by atoms with Crippen LogP contribution in [-0.2, 0) is 6.54 Å². The molecule has 0 saturated heterocycles. The molecule has 6 nitrogen and oxygen atoms in total. The lowest BCUT2D eigenvalue weighted by molar-refractivity contribution is 0.0959. The number of anilines is 1. The summed E-state index contributed by atoms with van der Waals surface area (Å²) in [5.74, 6) is -0.512. The Hall–Kier alpha value is -3.55. The van der Waals surface area contributed by atoms with E-state index in [4.69, 9.17) is 16.0 Å². The molecule has 0 aliphatic carbocycles. The average molecular weight is 448 g/mol. The van der Waals surface area contributed by atoms with Crippen LogP contribution in [0.2, 0.25) is 5.02 Å². The van der Waals surface area contributed by atoms with E-state index >= 15 is 0 Å². The second-order valence-electron chi connectivity index (χ2n) is 6.83. The standard InChI is InChI=1S/C23H14ClN3O3S/c24-15-7-8-17-21(10-15)31-23(26-17)27(13-14-4-3-9-25-12-14)22(29)20-11-18(28)16-5-1-2-6-19(16)30-20/h1-12H,13H2. The number of rotatable bonds is 4. The smallest absolute Gasteiger partial charge is 0.296 e. The van der Waals surface area contributed by atoms with Crippen LogP contribution in [0.15, 0.2) is 82.3 Å². The Bertz CT molecular complexity index is 1480. The first-order valence-corrected chi connectivity index (χ1v) is 10.6. The molecule has 0 aliphatic rings. The number of carbonyl (C=O) groups is 1. The van der Waals surface area contributed by atoms with Gasteiger partial charge in [-0.15, -0.1) is 0 Å². The van der Waals surface area contributed by atoms with E-state index in [1.54, 1.807) is 60.9 Å². The van der Waals surface area contributed by atoms with Gasteiger partial charge in [-0.25, -0.2) is 4.98 Å². The van der Waals surface area contributed by atoms with Crippen LogP contribution in [0.25, 0.3) is 21.2 Å². The molecule has 0 fully saturated rings. The minimum atomic E-state index is -0.461. The van der Waals surface area contributed by atoms with E-state index in [9.17, 15) is 9.59 Å². The van der Waals surface area contributed by atoms with Crippen molar-refractivity contribution in [3.8, 4) is 0 Å². The van der Waals surface area contributed by atoms with Crippen molar-refractivity contribution in [2.75, 3.05) is 4.90 Å². The summed E-state index contributed by atoms with van der Waals surface area (Å²) in [4.78, 5) is 36.3. The first-order valence-electron chi connectivity index (χ1n) is 9.38. The Morgan fingerprint density at radius 2 is 1.97 bits per heavy atom. The molecule has 152 valence electrons. The maximum Gasteiger partial charge on any atom is 0.296 e. The van der Waals surface area contributed by atoms with Gasteiger partial charge < -0.3 is 4.42 Å². The number of nitrogens with zero attached hydrogens (tertiary/aromatic N) is 3. The molecule has 3 aromatic heterocycles. The summed E-state index contributed by atoms with van der Waals surface area (Å²) in [6, 6.07) is 17.1. The van der Waals surface area contributed by atoms with Gasteiger partial charge in [0.15, 0.2) is 16.3 Å². The molecule has 3 heterocycles. The summed E-state index contributed by atoms with van der Waals surface area (Å²) in [5.41, 5.74) is 1.63. The van der Waals surface area contributed by atoms with Crippen LogP contribution >= 0.6 is 22.9 Å². The van der Waals surface area contributed by atoms with Crippen molar-refractivity contribution >= 4 is 55.2 Å². The molecule has 0 N–H and O–H groups in total. The molecule has 0 atom stereocenters. The van der Waals surface area contributed by atoms with E-state index in [1.807, 2.05) is 6.07 Å². The topological polar surface area (TPSA) is 76.3 Å². The van der Waals surface area contributed by atoms with E-state index < -0.39 is 5.91 Å². The van der Waals surface area contributed by atoms with Crippen molar-refractivity contribution in [2.24, 2.45) is 0 Å². The molecule has 1 amide bonds. The Morgan fingerprint density at radius 1 is 1.10 bits per heavy atom. The average Bonchev–Trinajstić information content (AvgIpc) is 3.20. The van der Waals surface area contributed by atoms with Crippen LogP contribution in [0.1, 0.15) is 16.1 Å². The molecular formula is C23H14ClN3O3S. The van der Waals surface area contributed by atoms with E-state index in [0.717, 1.165) is 15.8 Å². The minimum Gasteiger partial charge on any atom is -0.451 e. The van der Waals surface area contributed by atoms with Gasteiger partial charge in [-0.05, 0) is 42.0 Å². The highest BCUT2D eigenvalue weighted by Gasteiger charge is 2.25. The molecule has 5 aromatic rings. The third-order valence-corrected chi connectivity index (χ3v) is 6.00. The fraction of sp³-hybridized carbons (Fsp3) is 0.0435. The van der Waals surface area contributed by atoms with Crippen LogP contribution in [0.3, 0.4) is 0 Å². The van der Waals surface area contributed by atoms with Crippen molar-refractivity contribution in [2.45, 2.75) is 6.54 Å². The number of aromatic nitrogens is 2. The molecule has 0 spiro atoms. The summed E-state index contributed by atoms with van der Waals surface area (Å²) in [7, 11) is 0. The number of amides is 1. The molecule has 0 unspecified atom stereocenters. The lowest BCUT2D eigenvalue weighted by Crippen LogP contribution is -2.31. The van der Waals surface area contributed by atoms with Crippen LogP contribution in [-0.4, -0.2) is 15.9 Å². The fourth-order valence-electron chi connectivity index (χ4n) is 3.24. The van der Waals surface area contributed by atoms with Gasteiger partial charge in [0.05, 0.1) is 22.1 Å². The van der Waals surface area contributed by atoms with Gasteiger partial charge >= 0.3 is 0 Å². The third-order valence-electron chi connectivity index (χ3n) is 4.72. The Labute approximate surface area is 185 Å². The van der Waals surface area contributed by atoms with Gasteiger partial charge in [-0.2, -0.15) is 0 Å². The van der Waals surface area contributed by atoms with Crippen LogP contribution in [0.5, 0.6) is 0 Å². The second-order valence-corrected chi connectivity index (χ2v) is 8.28. The van der Waals surface area contributed by atoms with Gasteiger partial charge in [0.2, 0.25) is 0 Å². The van der Waals surface area contributed by atoms with Crippen LogP contribution in [0.4, 0.5) is 5.13 Å². The number of pyridine rings is 1. The van der Waals surface area contributed by atoms with E-state index in [1.165, 1.54) is 22.3 Å². The molecule has 0 bridgehead atoms. The SMILES string of the molecule is O=C(c1cc(=O)c2ccccc2o1)N(Cc1cccnc1)c1nc2ccc(Cl)cc2s1. The molecule has 31 heavy (non-hydrogen) atoms. The normalized spacial score (nSPS) is 11.1. The summed E-state index contributed by atoms with van der Waals surface area (Å²) >= 11 is 7.45. The van der Waals surface area contributed by atoms with Crippen LogP contribution in [0, 0.1) is 0 Å². The molecule has 0 radical (unpaired) electrons. The summed E-state index contributed by atoms with van der Waals surface area (Å²) in [5, 5.41) is 1.49. The Balaban J connectivity index is 1.62.